The Morgan fingerprint density at radius 3 is 2.48 bits per heavy atom. The second kappa shape index (κ2) is 13.2. The number of furan rings is 1. The first-order chi connectivity index (χ1) is 20.3. The molecule has 0 atom stereocenters. The quantitative estimate of drug-likeness (QED) is 0.375. The largest absolute Gasteiger partial charge is 0.467 e. The van der Waals surface area contributed by atoms with E-state index >= 15 is 0 Å². The molecule has 5 rings (SSSR count). The minimum atomic E-state index is -4.66. The van der Waals surface area contributed by atoms with Gasteiger partial charge in [0.05, 0.1) is 37.3 Å². The first kappa shape index (κ1) is 29.3. The Balaban J connectivity index is 1.35. The van der Waals surface area contributed by atoms with E-state index in [1.54, 1.807) is 24.3 Å². The molecule has 2 aromatic carbocycles. The normalized spacial score (nSPS) is 14.9. The SMILES string of the molecule is O=C(CN(CCN1CCOCC1)C(=O)Nc1ccccc1C(F)(F)F)N(Cc1ccc2c(c1)OCO2)Cc1ccco1. The van der Waals surface area contributed by atoms with Crippen molar-refractivity contribution in [3.63, 3.8) is 0 Å². The molecule has 1 saturated heterocycles. The van der Waals surface area contributed by atoms with Crippen LogP contribution < -0.4 is 14.8 Å². The molecular weight excluding hydrogens is 557 g/mol. The van der Waals surface area contributed by atoms with Gasteiger partial charge in [-0.05, 0) is 42.0 Å². The van der Waals surface area contributed by atoms with Gasteiger partial charge in [0.2, 0.25) is 12.7 Å². The predicted molar refractivity (Wildman–Crippen MR) is 145 cm³/mol. The molecule has 0 aliphatic carbocycles. The molecule has 0 bridgehead atoms. The molecule has 2 aliphatic heterocycles. The number of hydrogen-bond acceptors (Lipinski definition) is 7. The van der Waals surface area contributed by atoms with Crippen LogP contribution in [0.1, 0.15) is 16.9 Å². The van der Waals surface area contributed by atoms with Gasteiger partial charge in [-0.2, -0.15) is 13.2 Å². The molecule has 10 nitrogen and oxygen atoms in total. The Morgan fingerprint density at radius 1 is 0.929 bits per heavy atom. The summed E-state index contributed by atoms with van der Waals surface area (Å²) in [6.45, 7) is 2.95. The molecule has 1 N–H and O–H groups in total. The van der Waals surface area contributed by atoms with E-state index in [1.165, 1.54) is 34.3 Å². The molecule has 3 aromatic rings. The molecule has 42 heavy (non-hydrogen) atoms. The highest BCUT2D eigenvalue weighted by Gasteiger charge is 2.34. The van der Waals surface area contributed by atoms with Crippen LogP contribution >= 0.6 is 0 Å². The van der Waals surface area contributed by atoms with Gasteiger partial charge in [-0.15, -0.1) is 0 Å². The molecule has 2 aliphatic rings. The van der Waals surface area contributed by atoms with Crippen LogP contribution in [0.25, 0.3) is 0 Å². The highest BCUT2D eigenvalue weighted by molar-refractivity contribution is 5.93. The molecule has 1 fully saturated rings. The number of anilines is 1. The summed E-state index contributed by atoms with van der Waals surface area (Å²) in [5.74, 6) is 1.29. The lowest BCUT2D eigenvalue weighted by molar-refractivity contribution is -0.137. The lowest BCUT2D eigenvalue weighted by Crippen LogP contribution is -2.48. The van der Waals surface area contributed by atoms with Crippen LogP contribution in [0.5, 0.6) is 11.5 Å². The van der Waals surface area contributed by atoms with E-state index in [9.17, 15) is 22.8 Å². The third kappa shape index (κ3) is 7.53. The number of carbonyl (C=O) groups excluding carboxylic acids is 2. The van der Waals surface area contributed by atoms with Crippen LogP contribution in [0.15, 0.2) is 65.3 Å². The number of rotatable bonds is 10. The van der Waals surface area contributed by atoms with Crippen LogP contribution in [-0.4, -0.2) is 79.4 Å². The van der Waals surface area contributed by atoms with Crippen molar-refractivity contribution in [3.05, 3.63) is 77.7 Å². The van der Waals surface area contributed by atoms with E-state index in [0.717, 1.165) is 11.6 Å². The van der Waals surface area contributed by atoms with E-state index in [0.29, 0.717) is 50.1 Å². The van der Waals surface area contributed by atoms with Crippen molar-refractivity contribution in [1.29, 1.82) is 0 Å². The van der Waals surface area contributed by atoms with Crippen molar-refractivity contribution in [2.45, 2.75) is 19.3 Å². The van der Waals surface area contributed by atoms with Gasteiger partial charge >= 0.3 is 12.2 Å². The van der Waals surface area contributed by atoms with Gasteiger partial charge in [0.25, 0.3) is 0 Å². The number of para-hydroxylation sites is 1. The second-order valence-electron chi connectivity index (χ2n) is 9.87. The van der Waals surface area contributed by atoms with Gasteiger partial charge in [0.1, 0.15) is 12.3 Å². The number of amides is 3. The average Bonchev–Trinajstić information content (AvgIpc) is 3.67. The molecular formula is C29H31F3N4O6. The van der Waals surface area contributed by atoms with Gasteiger partial charge < -0.3 is 33.7 Å². The van der Waals surface area contributed by atoms with Crippen LogP contribution in [0.2, 0.25) is 0 Å². The number of hydrogen-bond donors (Lipinski definition) is 1. The Morgan fingerprint density at radius 2 is 1.71 bits per heavy atom. The zero-order valence-electron chi connectivity index (χ0n) is 22.8. The number of morpholine rings is 1. The second-order valence-corrected chi connectivity index (χ2v) is 9.87. The lowest BCUT2D eigenvalue weighted by Gasteiger charge is -2.31. The first-order valence-electron chi connectivity index (χ1n) is 13.5. The van der Waals surface area contributed by atoms with E-state index in [2.05, 4.69) is 10.2 Å². The minimum absolute atomic E-state index is 0.110. The Kier molecular flexibility index (Phi) is 9.18. The van der Waals surface area contributed by atoms with Crippen LogP contribution in [-0.2, 0) is 28.8 Å². The van der Waals surface area contributed by atoms with E-state index in [1.807, 2.05) is 6.07 Å². The van der Waals surface area contributed by atoms with Crippen molar-refractivity contribution in [1.82, 2.24) is 14.7 Å². The maximum Gasteiger partial charge on any atom is 0.418 e. The summed E-state index contributed by atoms with van der Waals surface area (Å²) in [5, 5.41) is 2.38. The summed E-state index contributed by atoms with van der Waals surface area (Å²) < 4.78 is 62.5. The predicted octanol–water partition coefficient (Wildman–Crippen LogP) is 4.42. The number of urea groups is 1. The molecule has 0 radical (unpaired) electrons. The van der Waals surface area contributed by atoms with Crippen molar-refractivity contribution in [2.24, 2.45) is 0 Å². The highest BCUT2D eigenvalue weighted by Crippen LogP contribution is 2.35. The van der Waals surface area contributed by atoms with E-state index < -0.39 is 23.7 Å². The number of halogens is 3. The highest BCUT2D eigenvalue weighted by atomic mass is 19.4. The fourth-order valence-electron chi connectivity index (χ4n) is 4.72. The molecule has 3 heterocycles. The zero-order chi connectivity index (χ0) is 29.5. The number of nitrogens with one attached hydrogen (secondary N) is 1. The maximum absolute atomic E-state index is 13.7. The number of alkyl halides is 3. The van der Waals surface area contributed by atoms with Gasteiger partial charge in [-0.1, -0.05) is 18.2 Å². The number of benzene rings is 2. The maximum atomic E-state index is 13.7. The fraction of sp³-hybridized carbons (Fsp3) is 0.379. The van der Waals surface area contributed by atoms with Crippen molar-refractivity contribution >= 4 is 17.6 Å². The van der Waals surface area contributed by atoms with E-state index in [-0.39, 0.29) is 38.7 Å². The van der Waals surface area contributed by atoms with Gasteiger partial charge in [0.15, 0.2) is 11.5 Å². The third-order valence-corrected chi connectivity index (χ3v) is 6.97. The molecule has 0 spiro atoms. The zero-order valence-corrected chi connectivity index (χ0v) is 22.8. The third-order valence-electron chi connectivity index (χ3n) is 6.97. The molecule has 0 unspecified atom stereocenters. The molecule has 1 aromatic heterocycles. The number of fused-ring (bicyclic) bond motifs is 1. The summed E-state index contributed by atoms with van der Waals surface area (Å²) in [7, 11) is 0. The van der Waals surface area contributed by atoms with Crippen LogP contribution in [0.3, 0.4) is 0 Å². The average molecular weight is 589 g/mol. The minimum Gasteiger partial charge on any atom is -0.467 e. The number of carbonyl (C=O) groups is 2. The molecule has 224 valence electrons. The molecule has 0 saturated carbocycles. The lowest BCUT2D eigenvalue weighted by atomic mass is 10.1. The number of nitrogens with zero attached hydrogens (tertiary/aromatic N) is 3. The summed E-state index contributed by atoms with van der Waals surface area (Å²) >= 11 is 0. The molecule has 3 amide bonds. The van der Waals surface area contributed by atoms with Crippen molar-refractivity contribution < 1.29 is 41.4 Å². The standard InChI is InChI=1S/C29H31F3N4O6/c30-29(31,32)23-5-1-2-6-24(23)33-28(38)35(10-9-34-11-14-39-15-12-34)19-27(37)36(18-22-4-3-13-40-22)17-21-7-8-25-26(16-21)42-20-41-25/h1-8,13,16H,9-12,14-15,17-20H2,(H,33,38). The van der Waals surface area contributed by atoms with Crippen molar-refractivity contribution in [3.8, 4) is 11.5 Å². The smallest absolute Gasteiger partial charge is 0.418 e. The summed E-state index contributed by atoms with van der Waals surface area (Å²) in [4.78, 5) is 32.0. The summed E-state index contributed by atoms with van der Waals surface area (Å²) in [6.07, 6.45) is -3.17. The van der Waals surface area contributed by atoms with Crippen LogP contribution in [0.4, 0.5) is 23.7 Å². The van der Waals surface area contributed by atoms with Gasteiger partial charge in [-0.25, -0.2) is 4.79 Å². The fourth-order valence-corrected chi connectivity index (χ4v) is 4.72. The summed E-state index contributed by atoms with van der Waals surface area (Å²) in [6, 6.07) is 12.7. The topological polar surface area (TPSA) is 96.7 Å². The van der Waals surface area contributed by atoms with Crippen molar-refractivity contribution in [2.75, 3.05) is 58.0 Å². The summed E-state index contributed by atoms with van der Waals surface area (Å²) in [5.41, 5.74) is -0.589. The monoisotopic (exact) mass is 588 g/mol. The Labute approximate surface area is 240 Å². The van der Waals surface area contributed by atoms with Gasteiger partial charge in [0, 0.05) is 32.7 Å². The van der Waals surface area contributed by atoms with Gasteiger partial charge in [-0.3, -0.25) is 9.69 Å². The van der Waals surface area contributed by atoms with Crippen LogP contribution in [0, 0.1) is 0 Å². The Hall–Kier alpha value is -4.23. The first-order valence-corrected chi connectivity index (χ1v) is 13.5. The molecule has 13 heteroatoms. The van der Waals surface area contributed by atoms with E-state index in [4.69, 9.17) is 18.6 Å². The number of ether oxygens (including phenoxy) is 3. The Bertz CT molecular complexity index is 1360.